The van der Waals surface area contributed by atoms with Gasteiger partial charge < -0.3 is 9.84 Å². The molecule has 0 bridgehead atoms. The highest BCUT2D eigenvalue weighted by Gasteiger charge is 2.18. The SMILES string of the molecule is CCCCc1ccc(OC(CC)C(O)CCC)cc1. The number of benzene rings is 1. The first kappa shape index (κ1) is 16.0. The first-order chi connectivity index (χ1) is 9.21. The molecule has 1 N–H and O–H groups in total. The van der Waals surface area contributed by atoms with Gasteiger partial charge >= 0.3 is 0 Å². The number of hydrogen-bond acceptors (Lipinski definition) is 2. The van der Waals surface area contributed by atoms with E-state index in [2.05, 4.69) is 32.9 Å². The van der Waals surface area contributed by atoms with Gasteiger partial charge in [-0.1, -0.05) is 45.7 Å². The Morgan fingerprint density at radius 1 is 1.05 bits per heavy atom. The number of unbranched alkanes of at least 4 members (excludes halogenated alkanes) is 1. The molecule has 108 valence electrons. The van der Waals surface area contributed by atoms with Gasteiger partial charge in [-0.3, -0.25) is 0 Å². The average Bonchev–Trinajstić information content (AvgIpc) is 2.44. The Kier molecular flexibility index (Phi) is 7.57. The van der Waals surface area contributed by atoms with Crippen LogP contribution in [-0.4, -0.2) is 17.3 Å². The lowest BCUT2D eigenvalue weighted by Crippen LogP contribution is -2.30. The van der Waals surface area contributed by atoms with E-state index in [9.17, 15) is 5.11 Å². The van der Waals surface area contributed by atoms with Gasteiger partial charge in [-0.05, 0) is 43.4 Å². The fraction of sp³-hybridized carbons (Fsp3) is 0.647. The highest BCUT2D eigenvalue weighted by Crippen LogP contribution is 2.19. The molecule has 0 radical (unpaired) electrons. The number of aliphatic hydroxyl groups excluding tert-OH is 1. The van der Waals surface area contributed by atoms with E-state index in [0.717, 1.165) is 31.4 Å². The fourth-order valence-electron chi connectivity index (χ4n) is 2.21. The van der Waals surface area contributed by atoms with Crippen LogP contribution in [0.15, 0.2) is 24.3 Å². The molecule has 0 saturated heterocycles. The summed E-state index contributed by atoms with van der Waals surface area (Å²) in [5, 5.41) is 10.0. The van der Waals surface area contributed by atoms with E-state index >= 15 is 0 Å². The van der Waals surface area contributed by atoms with E-state index in [4.69, 9.17) is 4.74 Å². The summed E-state index contributed by atoms with van der Waals surface area (Å²) in [6.07, 6.45) is 5.73. The molecule has 19 heavy (non-hydrogen) atoms. The minimum Gasteiger partial charge on any atom is -0.488 e. The molecule has 1 rings (SSSR count). The molecule has 0 spiro atoms. The normalized spacial score (nSPS) is 14.1. The molecular weight excluding hydrogens is 236 g/mol. The summed E-state index contributed by atoms with van der Waals surface area (Å²) in [5.74, 6) is 0.863. The molecule has 0 aliphatic rings. The van der Waals surface area contributed by atoms with Crippen LogP contribution in [0.25, 0.3) is 0 Å². The predicted octanol–water partition coefficient (Wildman–Crippen LogP) is 4.35. The molecule has 1 aromatic carbocycles. The summed E-state index contributed by atoms with van der Waals surface area (Å²) in [4.78, 5) is 0. The van der Waals surface area contributed by atoms with Crippen molar-refractivity contribution in [3.63, 3.8) is 0 Å². The monoisotopic (exact) mass is 264 g/mol. The second-order valence-electron chi connectivity index (χ2n) is 5.17. The second-order valence-corrected chi connectivity index (χ2v) is 5.17. The van der Waals surface area contributed by atoms with Gasteiger partial charge in [0.25, 0.3) is 0 Å². The van der Waals surface area contributed by atoms with Gasteiger partial charge in [-0.25, -0.2) is 0 Å². The molecule has 0 amide bonds. The summed E-state index contributed by atoms with van der Waals surface area (Å²) in [7, 11) is 0. The van der Waals surface area contributed by atoms with Crippen LogP contribution in [0.1, 0.15) is 58.4 Å². The van der Waals surface area contributed by atoms with Crippen LogP contribution in [0.5, 0.6) is 5.75 Å². The van der Waals surface area contributed by atoms with Crippen molar-refractivity contribution in [3.05, 3.63) is 29.8 Å². The van der Waals surface area contributed by atoms with E-state index in [-0.39, 0.29) is 12.2 Å². The van der Waals surface area contributed by atoms with Gasteiger partial charge in [-0.15, -0.1) is 0 Å². The standard InChI is InChI=1S/C17H28O2/c1-4-7-9-14-10-12-15(13-11-14)19-17(6-3)16(18)8-5-2/h10-13,16-18H,4-9H2,1-3H3. The molecule has 2 atom stereocenters. The first-order valence-corrected chi connectivity index (χ1v) is 7.64. The van der Waals surface area contributed by atoms with Gasteiger partial charge in [0.15, 0.2) is 0 Å². The maximum absolute atomic E-state index is 10.0. The number of hydrogen-bond donors (Lipinski definition) is 1. The van der Waals surface area contributed by atoms with E-state index in [1.807, 2.05) is 12.1 Å². The van der Waals surface area contributed by atoms with Gasteiger partial charge in [0.2, 0.25) is 0 Å². The molecule has 0 aliphatic heterocycles. The largest absolute Gasteiger partial charge is 0.488 e. The highest BCUT2D eigenvalue weighted by molar-refractivity contribution is 5.27. The zero-order chi connectivity index (χ0) is 14.1. The molecule has 0 fully saturated rings. The molecule has 2 heteroatoms. The maximum atomic E-state index is 10.0. The van der Waals surface area contributed by atoms with Gasteiger partial charge in [0.05, 0.1) is 6.10 Å². The summed E-state index contributed by atoms with van der Waals surface area (Å²) in [6.45, 7) is 6.34. The maximum Gasteiger partial charge on any atom is 0.124 e. The molecule has 2 unspecified atom stereocenters. The highest BCUT2D eigenvalue weighted by atomic mass is 16.5. The molecule has 1 aromatic rings. The Morgan fingerprint density at radius 3 is 2.26 bits per heavy atom. The molecular formula is C17H28O2. The third kappa shape index (κ3) is 5.65. The first-order valence-electron chi connectivity index (χ1n) is 7.64. The smallest absolute Gasteiger partial charge is 0.124 e. The van der Waals surface area contributed by atoms with Crippen LogP contribution in [0.4, 0.5) is 0 Å². The van der Waals surface area contributed by atoms with Gasteiger partial charge in [0.1, 0.15) is 11.9 Å². The zero-order valence-electron chi connectivity index (χ0n) is 12.6. The minimum absolute atomic E-state index is 0.0959. The zero-order valence-corrected chi connectivity index (χ0v) is 12.6. The Morgan fingerprint density at radius 2 is 1.74 bits per heavy atom. The van der Waals surface area contributed by atoms with E-state index in [1.165, 1.54) is 18.4 Å². The van der Waals surface area contributed by atoms with Crippen molar-refractivity contribution in [3.8, 4) is 5.75 Å². The van der Waals surface area contributed by atoms with Gasteiger partial charge in [-0.2, -0.15) is 0 Å². The van der Waals surface area contributed by atoms with E-state index < -0.39 is 0 Å². The van der Waals surface area contributed by atoms with Crippen molar-refractivity contribution in [2.24, 2.45) is 0 Å². The molecule has 0 aliphatic carbocycles. The summed E-state index contributed by atoms with van der Waals surface area (Å²) >= 11 is 0. The number of aryl methyl sites for hydroxylation is 1. The summed E-state index contributed by atoms with van der Waals surface area (Å²) in [6, 6.07) is 8.30. The second kappa shape index (κ2) is 8.98. The summed E-state index contributed by atoms with van der Waals surface area (Å²) in [5.41, 5.74) is 1.36. The van der Waals surface area contributed by atoms with E-state index in [1.54, 1.807) is 0 Å². The van der Waals surface area contributed by atoms with Crippen LogP contribution in [0.2, 0.25) is 0 Å². The van der Waals surface area contributed by atoms with Crippen LogP contribution >= 0.6 is 0 Å². The third-order valence-corrected chi connectivity index (χ3v) is 3.45. The summed E-state index contributed by atoms with van der Waals surface area (Å²) < 4.78 is 5.89. The van der Waals surface area contributed by atoms with Crippen molar-refractivity contribution in [2.75, 3.05) is 0 Å². The Balaban J connectivity index is 2.55. The fourth-order valence-corrected chi connectivity index (χ4v) is 2.21. The van der Waals surface area contributed by atoms with Crippen LogP contribution in [-0.2, 0) is 6.42 Å². The quantitative estimate of drug-likeness (QED) is 0.718. The van der Waals surface area contributed by atoms with Crippen molar-refractivity contribution in [1.82, 2.24) is 0 Å². The molecule has 0 heterocycles. The lowest BCUT2D eigenvalue weighted by atomic mass is 10.1. The van der Waals surface area contributed by atoms with E-state index in [0.29, 0.717) is 0 Å². The van der Waals surface area contributed by atoms with Gasteiger partial charge in [0, 0.05) is 0 Å². The van der Waals surface area contributed by atoms with Crippen LogP contribution < -0.4 is 4.74 Å². The van der Waals surface area contributed by atoms with Crippen molar-refractivity contribution in [1.29, 1.82) is 0 Å². The van der Waals surface area contributed by atoms with Crippen molar-refractivity contribution >= 4 is 0 Å². The lowest BCUT2D eigenvalue weighted by molar-refractivity contribution is 0.0284. The number of aliphatic hydroxyl groups is 1. The number of rotatable bonds is 9. The van der Waals surface area contributed by atoms with Crippen molar-refractivity contribution in [2.45, 2.75) is 71.5 Å². The van der Waals surface area contributed by atoms with Crippen LogP contribution in [0.3, 0.4) is 0 Å². The predicted molar refractivity (Wildman–Crippen MR) is 80.7 cm³/mol. The van der Waals surface area contributed by atoms with Crippen molar-refractivity contribution < 1.29 is 9.84 Å². The average molecular weight is 264 g/mol. The lowest BCUT2D eigenvalue weighted by Gasteiger charge is -2.22. The molecule has 2 nitrogen and oxygen atoms in total. The third-order valence-electron chi connectivity index (χ3n) is 3.45. The number of ether oxygens (including phenoxy) is 1. The van der Waals surface area contributed by atoms with Crippen LogP contribution in [0, 0.1) is 0 Å². The topological polar surface area (TPSA) is 29.5 Å². The minimum atomic E-state index is -0.366. The Bertz CT molecular complexity index is 332. The molecule has 0 aromatic heterocycles. The Hall–Kier alpha value is -1.02. The molecule has 0 saturated carbocycles. The Labute approximate surface area is 117 Å².